The summed E-state index contributed by atoms with van der Waals surface area (Å²) < 4.78 is 5.38. The molecule has 0 heterocycles. The molecule has 1 aliphatic rings. The zero-order chi connectivity index (χ0) is 8.10. The van der Waals surface area contributed by atoms with Gasteiger partial charge in [0.15, 0.2) is 0 Å². The van der Waals surface area contributed by atoms with E-state index in [4.69, 9.17) is 10.00 Å². The molecule has 0 aromatic heterocycles. The Kier molecular flexibility index (Phi) is 3.38. The van der Waals surface area contributed by atoms with Crippen LogP contribution in [-0.2, 0) is 4.74 Å². The van der Waals surface area contributed by atoms with Gasteiger partial charge in [-0.05, 0) is 18.8 Å². The maximum Gasteiger partial charge on any atom is 0.134 e. The lowest BCUT2D eigenvalue weighted by molar-refractivity contribution is 0.0124. The fraction of sp³-hybridized carbons (Fsp3) is 0.889. The Hall–Kier alpha value is -0.550. The molecule has 0 aromatic rings. The summed E-state index contributed by atoms with van der Waals surface area (Å²) in [6.45, 7) is 2.47. The van der Waals surface area contributed by atoms with Gasteiger partial charge in [-0.15, -0.1) is 0 Å². The van der Waals surface area contributed by atoms with Crippen LogP contribution in [0.3, 0.4) is 0 Å². The van der Waals surface area contributed by atoms with Gasteiger partial charge in [-0.1, -0.05) is 19.8 Å². The first-order valence-electron chi connectivity index (χ1n) is 4.33. The van der Waals surface area contributed by atoms with Crippen molar-refractivity contribution in [1.29, 1.82) is 5.26 Å². The van der Waals surface area contributed by atoms with Crippen LogP contribution in [0.4, 0.5) is 0 Å². The van der Waals surface area contributed by atoms with E-state index in [-0.39, 0.29) is 6.61 Å². The largest absolute Gasteiger partial charge is 0.363 e. The van der Waals surface area contributed by atoms with Gasteiger partial charge >= 0.3 is 0 Å². The average Bonchev–Trinajstić information content (AvgIpc) is 2.03. The fourth-order valence-electron chi connectivity index (χ4n) is 1.67. The lowest BCUT2D eigenvalue weighted by Crippen LogP contribution is -2.25. The topological polar surface area (TPSA) is 33.0 Å². The molecule has 2 atom stereocenters. The molecule has 11 heavy (non-hydrogen) atoms. The first kappa shape index (κ1) is 8.55. The van der Waals surface area contributed by atoms with Crippen LogP contribution in [0.1, 0.15) is 32.6 Å². The van der Waals surface area contributed by atoms with Crippen molar-refractivity contribution >= 4 is 0 Å². The highest BCUT2D eigenvalue weighted by Crippen LogP contribution is 2.25. The third kappa shape index (κ3) is 2.51. The monoisotopic (exact) mass is 153 g/mol. The molecule has 1 fully saturated rings. The highest BCUT2D eigenvalue weighted by Gasteiger charge is 2.21. The number of nitriles is 1. The van der Waals surface area contributed by atoms with Gasteiger partial charge in [-0.2, -0.15) is 5.26 Å². The molecular formula is C9H15NO. The second-order valence-corrected chi connectivity index (χ2v) is 3.27. The first-order chi connectivity index (χ1) is 5.34. The van der Waals surface area contributed by atoms with E-state index in [0.29, 0.717) is 12.0 Å². The quantitative estimate of drug-likeness (QED) is 0.608. The van der Waals surface area contributed by atoms with E-state index >= 15 is 0 Å². The molecular weight excluding hydrogens is 138 g/mol. The molecule has 2 nitrogen and oxygen atoms in total. The van der Waals surface area contributed by atoms with E-state index in [1.807, 2.05) is 6.07 Å². The molecule has 2 heteroatoms. The minimum atomic E-state index is 0.259. The third-order valence-corrected chi connectivity index (χ3v) is 2.39. The van der Waals surface area contributed by atoms with Gasteiger partial charge in [-0.3, -0.25) is 0 Å². The molecule has 0 N–H and O–H groups in total. The molecule has 0 unspecified atom stereocenters. The summed E-state index contributed by atoms with van der Waals surface area (Å²) in [7, 11) is 0. The van der Waals surface area contributed by atoms with Gasteiger partial charge in [0.2, 0.25) is 0 Å². The standard InChI is InChI=1S/C9H15NO/c1-8-4-2-3-5-9(8)11-7-6-10/h8-9H,2-5,7H2,1H3/t8-,9+/m1/s1. The van der Waals surface area contributed by atoms with E-state index < -0.39 is 0 Å². The number of nitrogens with zero attached hydrogens (tertiary/aromatic N) is 1. The highest BCUT2D eigenvalue weighted by molar-refractivity contribution is 4.75. The van der Waals surface area contributed by atoms with Crippen molar-refractivity contribution < 1.29 is 4.74 Å². The molecule has 0 radical (unpaired) electrons. The summed E-state index contributed by atoms with van der Waals surface area (Å²) in [5.74, 6) is 0.650. The van der Waals surface area contributed by atoms with Crippen molar-refractivity contribution in [3.8, 4) is 6.07 Å². The van der Waals surface area contributed by atoms with E-state index in [1.165, 1.54) is 19.3 Å². The Morgan fingerprint density at radius 1 is 1.45 bits per heavy atom. The van der Waals surface area contributed by atoms with Crippen LogP contribution in [0.25, 0.3) is 0 Å². The summed E-state index contributed by atoms with van der Waals surface area (Å²) in [4.78, 5) is 0. The molecule has 0 saturated heterocycles. The first-order valence-corrected chi connectivity index (χ1v) is 4.33. The second kappa shape index (κ2) is 4.35. The molecule has 1 aliphatic carbocycles. The van der Waals surface area contributed by atoms with E-state index in [2.05, 4.69) is 6.92 Å². The van der Waals surface area contributed by atoms with Crippen LogP contribution < -0.4 is 0 Å². The van der Waals surface area contributed by atoms with Crippen molar-refractivity contribution in [2.45, 2.75) is 38.7 Å². The van der Waals surface area contributed by atoms with Gasteiger partial charge < -0.3 is 4.74 Å². The average molecular weight is 153 g/mol. The number of hydrogen-bond acceptors (Lipinski definition) is 2. The molecule has 1 rings (SSSR count). The van der Waals surface area contributed by atoms with Crippen molar-refractivity contribution in [1.82, 2.24) is 0 Å². The minimum absolute atomic E-state index is 0.259. The Balaban J connectivity index is 2.25. The number of hydrogen-bond donors (Lipinski definition) is 0. The zero-order valence-corrected chi connectivity index (χ0v) is 7.05. The van der Waals surface area contributed by atoms with Crippen molar-refractivity contribution in [2.75, 3.05) is 6.61 Å². The van der Waals surface area contributed by atoms with Crippen LogP contribution in [0.5, 0.6) is 0 Å². The summed E-state index contributed by atoms with van der Waals surface area (Å²) in [5.41, 5.74) is 0. The minimum Gasteiger partial charge on any atom is -0.363 e. The fourth-order valence-corrected chi connectivity index (χ4v) is 1.67. The predicted molar refractivity (Wildman–Crippen MR) is 43.0 cm³/mol. The normalized spacial score (nSPS) is 31.3. The number of rotatable bonds is 2. The third-order valence-electron chi connectivity index (χ3n) is 2.39. The summed E-state index contributed by atoms with van der Waals surface area (Å²) in [6, 6.07) is 2.01. The molecule has 0 aliphatic heterocycles. The van der Waals surface area contributed by atoms with Crippen LogP contribution in [0.2, 0.25) is 0 Å². The van der Waals surface area contributed by atoms with Gasteiger partial charge in [0.25, 0.3) is 0 Å². The molecule has 1 saturated carbocycles. The Labute approximate surface area is 68.2 Å². The Morgan fingerprint density at radius 3 is 2.82 bits per heavy atom. The molecule has 62 valence electrons. The lowest BCUT2D eigenvalue weighted by Gasteiger charge is -2.27. The van der Waals surface area contributed by atoms with E-state index in [0.717, 1.165) is 6.42 Å². The Bertz CT molecular complexity index is 150. The number of ether oxygens (including phenoxy) is 1. The summed E-state index contributed by atoms with van der Waals surface area (Å²) in [5, 5.41) is 8.31. The van der Waals surface area contributed by atoms with Crippen LogP contribution in [0, 0.1) is 17.2 Å². The van der Waals surface area contributed by atoms with E-state index in [1.54, 1.807) is 0 Å². The van der Waals surface area contributed by atoms with Crippen LogP contribution in [-0.4, -0.2) is 12.7 Å². The zero-order valence-electron chi connectivity index (χ0n) is 7.05. The molecule has 0 bridgehead atoms. The van der Waals surface area contributed by atoms with Crippen molar-refractivity contribution in [2.24, 2.45) is 5.92 Å². The lowest BCUT2D eigenvalue weighted by atomic mass is 9.88. The maximum atomic E-state index is 8.31. The van der Waals surface area contributed by atoms with Crippen molar-refractivity contribution in [3.05, 3.63) is 0 Å². The SMILES string of the molecule is C[C@@H]1CCCC[C@@H]1OCC#N. The van der Waals surface area contributed by atoms with E-state index in [9.17, 15) is 0 Å². The summed E-state index contributed by atoms with van der Waals surface area (Å²) >= 11 is 0. The van der Waals surface area contributed by atoms with Gasteiger partial charge in [0, 0.05) is 0 Å². The van der Waals surface area contributed by atoms with Crippen LogP contribution >= 0.6 is 0 Å². The predicted octanol–water partition coefficient (Wildman–Crippen LogP) is 2.11. The van der Waals surface area contributed by atoms with Gasteiger partial charge in [0.1, 0.15) is 6.61 Å². The smallest absolute Gasteiger partial charge is 0.134 e. The molecule has 0 amide bonds. The van der Waals surface area contributed by atoms with Gasteiger partial charge in [0.05, 0.1) is 12.2 Å². The second-order valence-electron chi connectivity index (χ2n) is 3.27. The molecule has 0 aromatic carbocycles. The molecule has 0 spiro atoms. The summed E-state index contributed by atoms with van der Waals surface area (Å²) in [6.07, 6.45) is 5.34. The maximum absolute atomic E-state index is 8.31. The highest BCUT2D eigenvalue weighted by atomic mass is 16.5. The van der Waals surface area contributed by atoms with Crippen LogP contribution in [0.15, 0.2) is 0 Å². The van der Waals surface area contributed by atoms with Crippen molar-refractivity contribution in [3.63, 3.8) is 0 Å². The van der Waals surface area contributed by atoms with Gasteiger partial charge in [-0.25, -0.2) is 0 Å². The Morgan fingerprint density at radius 2 is 2.18 bits per heavy atom.